The van der Waals surface area contributed by atoms with E-state index in [1.165, 1.54) is 18.4 Å². The van der Waals surface area contributed by atoms with Gasteiger partial charge >= 0.3 is 0 Å². The van der Waals surface area contributed by atoms with E-state index < -0.39 is 0 Å². The summed E-state index contributed by atoms with van der Waals surface area (Å²) in [5.74, 6) is 0.0647. The van der Waals surface area contributed by atoms with E-state index in [0.717, 1.165) is 30.4 Å². The number of fused-ring (bicyclic) bond motifs is 1. The van der Waals surface area contributed by atoms with E-state index in [4.69, 9.17) is 4.74 Å². The molecule has 1 aliphatic heterocycles. The van der Waals surface area contributed by atoms with Gasteiger partial charge in [0, 0.05) is 32.0 Å². The normalized spacial score (nSPS) is 14.5. The SMILES string of the molecule is O=C(c1cn(CCCCCc2ccccc2)c2cccnc12)N1CCOCC1. The van der Waals surface area contributed by atoms with Crippen molar-refractivity contribution in [3.8, 4) is 0 Å². The Bertz CT molecular complexity index is 914. The topological polar surface area (TPSA) is 47.4 Å². The first-order valence-electron chi connectivity index (χ1n) is 10.2. The number of unbranched alkanes of at least 4 members (excludes halogenated alkanes) is 2. The third kappa shape index (κ3) is 4.25. The average molecular weight is 377 g/mol. The second-order valence-corrected chi connectivity index (χ2v) is 7.31. The molecule has 146 valence electrons. The van der Waals surface area contributed by atoms with Crippen molar-refractivity contribution in [2.75, 3.05) is 26.3 Å². The summed E-state index contributed by atoms with van der Waals surface area (Å²) in [6, 6.07) is 14.6. The van der Waals surface area contributed by atoms with Crippen molar-refractivity contribution < 1.29 is 9.53 Å². The monoisotopic (exact) mass is 377 g/mol. The fourth-order valence-corrected chi connectivity index (χ4v) is 3.83. The molecule has 1 amide bonds. The van der Waals surface area contributed by atoms with Crippen molar-refractivity contribution in [3.05, 3.63) is 66.0 Å². The molecule has 0 N–H and O–H groups in total. The number of benzene rings is 1. The van der Waals surface area contributed by atoms with Gasteiger partial charge in [-0.05, 0) is 37.0 Å². The second kappa shape index (κ2) is 9.02. The highest BCUT2D eigenvalue weighted by molar-refractivity contribution is 6.05. The lowest BCUT2D eigenvalue weighted by molar-refractivity contribution is 0.0304. The first kappa shape index (κ1) is 18.7. The Kier molecular flexibility index (Phi) is 6.02. The number of amides is 1. The first-order chi connectivity index (χ1) is 13.8. The van der Waals surface area contributed by atoms with E-state index in [9.17, 15) is 4.79 Å². The van der Waals surface area contributed by atoms with E-state index >= 15 is 0 Å². The van der Waals surface area contributed by atoms with Gasteiger partial charge in [0.1, 0.15) is 5.52 Å². The average Bonchev–Trinajstić information content (AvgIpc) is 3.13. The number of carbonyl (C=O) groups excluding carboxylic acids is 1. The Balaban J connectivity index is 1.40. The van der Waals surface area contributed by atoms with Crippen molar-refractivity contribution in [1.82, 2.24) is 14.5 Å². The van der Waals surface area contributed by atoms with Gasteiger partial charge in [-0.15, -0.1) is 0 Å². The third-order valence-electron chi connectivity index (χ3n) is 5.37. The summed E-state index contributed by atoms with van der Waals surface area (Å²) in [5.41, 5.74) is 3.96. The minimum absolute atomic E-state index is 0.0647. The molecule has 0 unspecified atom stereocenters. The minimum atomic E-state index is 0.0647. The Labute approximate surface area is 165 Å². The number of morpholine rings is 1. The molecule has 3 aromatic rings. The third-order valence-corrected chi connectivity index (χ3v) is 5.37. The van der Waals surface area contributed by atoms with E-state index in [2.05, 4.69) is 45.9 Å². The summed E-state index contributed by atoms with van der Waals surface area (Å²) in [7, 11) is 0. The molecule has 28 heavy (non-hydrogen) atoms. The smallest absolute Gasteiger partial charge is 0.257 e. The Hall–Kier alpha value is -2.66. The zero-order valence-electron chi connectivity index (χ0n) is 16.2. The fraction of sp³-hybridized carbons (Fsp3) is 0.391. The van der Waals surface area contributed by atoms with Crippen LogP contribution in [0, 0.1) is 0 Å². The van der Waals surface area contributed by atoms with Crippen LogP contribution in [0.4, 0.5) is 0 Å². The lowest BCUT2D eigenvalue weighted by Gasteiger charge is -2.26. The fourth-order valence-electron chi connectivity index (χ4n) is 3.83. The molecule has 0 radical (unpaired) electrons. The van der Waals surface area contributed by atoms with E-state index in [-0.39, 0.29) is 5.91 Å². The molecule has 0 spiro atoms. The van der Waals surface area contributed by atoms with Crippen molar-refractivity contribution in [2.24, 2.45) is 0 Å². The Morgan fingerprint density at radius 3 is 2.64 bits per heavy atom. The highest BCUT2D eigenvalue weighted by Crippen LogP contribution is 2.22. The van der Waals surface area contributed by atoms with Crippen LogP contribution in [0.25, 0.3) is 11.0 Å². The number of rotatable bonds is 7. The van der Waals surface area contributed by atoms with Gasteiger partial charge in [-0.1, -0.05) is 36.8 Å². The quantitative estimate of drug-likeness (QED) is 0.586. The van der Waals surface area contributed by atoms with Crippen molar-refractivity contribution >= 4 is 16.9 Å². The van der Waals surface area contributed by atoms with E-state index in [1.807, 2.05) is 17.2 Å². The molecule has 3 heterocycles. The van der Waals surface area contributed by atoms with Gasteiger partial charge in [0.15, 0.2) is 0 Å². The summed E-state index contributed by atoms with van der Waals surface area (Å²) < 4.78 is 7.56. The molecule has 2 aromatic heterocycles. The molecule has 5 heteroatoms. The Morgan fingerprint density at radius 2 is 1.82 bits per heavy atom. The van der Waals surface area contributed by atoms with Gasteiger partial charge in [0.25, 0.3) is 5.91 Å². The lowest BCUT2D eigenvalue weighted by atomic mass is 10.1. The number of aromatic nitrogens is 2. The lowest BCUT2D eigenvalue weighted by Crippen LogP contribution is -2.40. The molecule has 0 bridgehead atoms. The molecule has 4 rings (SSSR count). The summed E-state index contributed by atoms with van der Waals surface area (Å²) in [6.07, 6.45) is 8.32. The Morgan fingerprint density at radius 1 is 1.00 bits per heavy atom. The number of nitrogens with zero attached hydrogens (tertiary/aromatic N) is 3. The van der Waals surface area contributed by atoms with Crippen LogP contribution >= 0.6 is 0 Å². The highest BCUT2D eigenvalue weighted by atomic mass is 16.5. The van der Waals surface area contributed by atoms with Gasteiger partial charge < -0.3 is 14.2 Å². The maximum atomic E-state index is 13.0. The summed E-state index contributed by atoms with van der Waals surface area (Å²) in [5, 5.41) is 0. The van der Waals surface area contributed by atoms with Crippen LogP contribution in [-0.2, 0) is 17.7 Å². The molecule has 1 fully saturated rings. The predicted molar refractivity (Wildman–Crippen MR) is 110 cm³/mol. The van der Waals surface area contributed by atoms with Gasteiger partial charge in [0.05, 0.1) is 24.3 Å². The molecule has 0 saturated carbocycles. The van der Waals surface area contributed by atoms with E-state index in [1.54, 1.807) is 6.20 Å². The maximum Gasteiger partial charge on any atom is 0.257 e. The summed E-state index contributed by atoms with van der Waals surface area (Å²) in [6.45, 7) is 3.43. The molecule has 0 aliphatic carbocycles. The summed E-state index contributed by atoms with van der Waals surface area (Å²) >= 11 is 0. The van der Waals surface area contributed by atoms with Crippen molar-refractivity contribution in [3.63, 3.8) is 0 Å². The molecule has 1 aliphatic rings. The van der Waals surface area contributed by atoms with E-state index in [0.29, 0.717) is 31.9 Å². The van der Waals surface area contributed by atoms with Gasteiger partial charge in [-0.25, -0.2) is 0 Å². The number of carbonyl (C=O) groups is 1. The van der Waals surface area contributed by atoms with Crippen molar-refractivity contribution in [1.29, 1.82) is 0 Å². The van der Waals surface area contributed by atoms with Crippen LogP contribution in [0.3, 0.4) is 0 Å². The molecule has 1 aromatic carbocycles. The molecular formula is C23H27N3O2. The highest BCUT2D eigenvalue weighted by Gasteiger charge is 2.23. The van der Waals surface area contributed by atoms with Crippen LogP contribution in [0.15, 0.2) is 54.9 Å². The minimum Gasteiger partial charge on any atom is -0.378 e. The second-order valence-electron chi connectivity index (χ2n) is 7.31. The van der Waals surface area contributed by atoms with Crippen LogP contribution in [-0.4, -0.2) is 46.7 Å². The first-order valence-corrected chi connectivity index (χ1v) is 10.2. The number of aryl methyl sites for hydroxylation is 2. The molecule has 1 saturated heterocycles. The standard InChI is InChI=1S/C23H27N3O2/c27-23(25-14-16-28-17-15-25)20-18-26(21-11-7-12-24-22(20)21)13-6-2-5-10-19-8-3-1-4-9-19/h1,3-4,7-9,11-12,18H,2,5-6,10,13-17H2. The number of pyridine rings is 1. The zero-order chi connectivity index (χ0) is 19.2. The number of ether oxygens (including phenoxy) is 1. The van der Waals surface area contributed by atoms with Gasteiger partial charge in [0.2, 0.25) is 0 Å². The van der Waals surface area contributed by atoms with Gasteiger partial charge in [-0.2, -0.15) is 0 Å². The molecule has 0 atom stereocenters. The largest absolute Gasteiger partial charge is 0.378 e. The molecular weight excluding hydrogens is 350 g/mol. The molecule has 5 nitrogen and oxygen atoms in total. The van der Waals surface area contributed by atoms with Crippen LogP contribution < -0.4 is 0 Å². The van der Waals surface area contributed by atoms with Crippen LogP contribution in [0.1, 0.15) is 35.2 Å². The van der Waals surface area contributed by atoms with Crippen molar-refractivity contribution in [2.45, 2.75) is 32.2 Å². The number of hydrogen-bond acceptors (Lipinski definition) is 3. The van der Waals surface area contributed by atoms with Gasteiger partial charge in [-0.3, -0.25) is 9.78 Å². The number of hydrogen-bond donors (Lipinski definition) is 0. The maximum absolute atomic E-state index is 13.0. The van der Waals surface area contributed by atoms with Crippen LogP contribution in [0.5, 0.6) is 0 Å². The summed E-state index contributed by atoms with van der Waals surface area (Å²) in [4.78, 5) is 19.4. The van der Waals surface area contributed by atoms with Crippen LogP contribution in [0.2, 0.25) is 0 Å². The zero-order valence-corrected chi connectivity index (χ0v) is 16.2. The predicted octanol–water partition coefficient (Wildman–Crippen LogP) is 3.92.